The van der Waals surface area contributed by atoms with Crippen LogP contribution in [0.5, 0.6) is 0 Å². The lowest BCUT2D eigenvalue weighted by atomic mass is 10.1. The summed E-state index contributed by atoms with van der Waals surface area (Å²) in [5, 5.41) is 0. The van der Waals surface area contributed by atoms with Crippen LogP contribution >= 0.6 is 0 Å². The highest BCUT2D eigenvalue weighted by atomic mass is 32.2. The lowest BCUT2D eigenvalue weighted by Gasteiger charge is -2.11. The van der Waals surface area contributed by atoms with E-state index in [1.54, 1.807) is 6.07 Å². The molecule has 0 fully saturated rings. The lowest BCUT2D eigenvalue weighted by molar-refractivity contribution is 0.594. The van der Waals surface area contributed by atoms with E-state index in [-0.39, 0.29) is 5.75 Å². The smallest absolute Gasteiger partial charge is 0.182 e. The number of nitrogens with two attached hydrogens (primary N) is 1. The summed E-state index contributed by atoms with van der Waals surface area (Å²) >= 11 is 0. The predicted molar refractivity (Wildman–Crippen MR) is 81.1 cm³/mol. The summed E-state index contributed by atoms with van der Waals surface area (Å²) in [5.41, 5.74) is 9.16. The second-order valence-corrected chi connectivity index (χ2v) is 6.96. The molecule has 0 heterocycles. The Hall–Kier alpha value is -1.65. The van der Waals surface area contributed by atoms with Gasteiger partial charge in [0.25, 0.3) is 0 Å². The third-order valence-electron chi connectivity index (χ3n) is 3.35. The standard InChI is InChI=1S/C16H19NO2S/c1-12-7-8-16(13(2)9-12)20(18,19)11-15-6-4-3-5-14(15)10-17/h3-9H,10-11,17H2,1-2H3. The highest BCUT2D eigenvalue weighted by molar-refractivity contribution is 7.90. The predicted octanol–water partition coefficient (Wildman–Crippen LogP) is 2.74. The first-order valence-corrected chi connectivity index (χ1v) is 8.16. The zero-order valence-electron chi connectivity index (χ0n) is 11.8. The Balaban J connectivity index is 2.41. The Kier molecular flexibility index (Phi) is 4.26. The van der Waals surface area contributed by atoms with Crippen molar-refractivity contribution < 1.29 is 8.42 Å². The SMILES string of the molecule is Cc1ccc(S(=O)(=O)Cc2ccccc2CN)c(C)c1. The molecule has 2 aromatic carbocycles. The van der Waals surface area contributed by atoms with Crippen LogP contribution in [0.3, 0.4) is 0 Å². The molecule has 0 amide bonds. The van der Waals surface area contributed by atoms with Crippen LogP contribution in [-0.2, 0) is 22.1 Å². The average Bonchev–Trinajstić information content (AvgIpc) is 2.38. The molecule has 0 atom stereocenters. The van der Waals surface area contributed by atoms with Crippen molar-refractivity contribution in [2.75, 3.05) is 0 Å². The molecule has 0 aliphatic heterocycles. The van der Waals surface area contributed by atoms with E-state index >= 15 is 0 Å². The van der Waals surface area contributed by atoms with E-state index in [2.05, 4.69) is 0 Å². The van der Waals surface area contributed by atoms with Crippen molar-refractivity contribution >= 4 is 9.84 Å². The molecule has 20 heavy (non-hydrogen) atoms. The maximum absolute atomic E-state index is 12.6. The molecule has 0 aromatic heterocycles. The second-order valence-electron chi connectivity index (χ2n) is 5.00. The van der Waals surface area contributed by atoms with Crippen LogP contribution in [0, 0.1) is 13.8 Å². The molecule has 2 rings (SSSR count). The second kappa shape index (κ2) is 5.77. The minimum absolute atomic E-state index is 0.00965. The minimum Gasteiger partial charge on any atom is -0.326 e. The average molecular weight is 289 g/mol. The molecule has 2 N–H and O–H groups in total. The van der Waals surface area contributed by atoms with Gasteiger partial charge >= 0.3 is 0 Å². The van der Waals surface area contributed by atoms with Crippen LogP contribution in [0.1, 0.15) is 22.3 Å². The van der Waals surface area contributed by atoms with Gasteiger partial charge in [-0.15, -0.1) is 0 Å². The molecular weight excluding hydrogens is 270 g/mol. The fraction of sp³-hybridized carbons (Fsp3) is 0.250. The number of hydrogen-bond acceptors (Lipinski definition) is 3. The Morgan fingerprint density at radius 2 is 1.65 bits per heavy atom. The number of benzene rings is 2. The first-order valence-electron chi connectivity index (χ1n) is 6.51. The van der Waals surface area contributed by atoms with Crippen LogP contribution in [0.15, 0.2) is 47.4 Å². The maximum atomic E-state index is 12.6. The molecule has 0 bridgehead atoms. The van der Waals surface area contributed by atoms with Crippen molar-refractivity contribution in [1.29, 1.82) is 0 Å². The first-order chi connectivity index (χ1) is 9.44. The summed E-state index contributed by atoms with van der Waals surface area (Å²) in [6.07, 6.45) is 0. The van der Waals surface area contributed by atoms with Crippen LogP contribution in [-0.4, -0.2) is 8.42 Å². The van der Waals surface area contributed by atoms with Gasteiger partial charge < -0.3 is 5.73 Å². The number of hydrogen-bond donors (Lipinski definition) is 1. The molecule has 0 aliphatic rings. The highest BCUT2D eigenvalue weighted by Gasteiger charge is 2.19. The molecule has 0 saturated carbocycles. The maximum Gasteiger partial charge on any atom is 0.182 e. The molecule has 0 unspecified atom stereocenters. The van der Waals surface area contributed by atoms with Crippen molar-refractivity contribution in [3.05, 3.63) is 64.7 Å². The Morgan fingerprint density at radius 3 is 2.25 bits per heavy atom. The van der Waals surface area contributed by atoms with E-state index in [1.165, 1.54) is 0 Å². The largest absolute Gasteiger partial charge is 0.326 e. The van der Waals surface area contributed by atoms with Gasteiger partial charge in [0.2, 0.25) is 0 Å². The van der Waals surface area contributed by atoms with E-state index in [0.717, 1.165) is 22.3 Å². The number of rotatable bonds is 4. The summed E-state index contributed by atoms with van der Waals surface area (Å²) in [7, 11) is -3.35. The van der Waals surface area contributed by atoms with Crippen LogP contribution in [0.25, 0.3) is 0 Å². The Labute approximate surface area is 120 Å². The third-order valence-corrected chi connectivity index (χ3v) is 5.17. The zero-order valence-corrected chi connectivity index (χ0v) is 12.6. The van der Waals surface area contributed by atoms with Gasteiger partial charge in [-0.05, 0) is 36.6 Å². The summed E-state index contributed by atoms with van der Waals surface area (Å²) in [5.74, 6) is -0.00965. The van der Waals surface area contributed by atoms with Crippen molar-refractivity contribution in [2.24, 2.45) is 5.73 Å². The Morgan fingerprint density at radius 1 is 1.00 bits per heavy atom. The van der Waals surface area contributed by atoms with Gasteiger partial charge in [0.15, 0.2) is 9.84 Å². The van der Waals surface area contributed by atoms with Gasteiger partial charge in [0, 0.05) is 6.54 Å². The van der Waals surface area contributed by atoms with Crippen LogP contribution < -0.4 is 5.73 Å². The number of sulfone groups is 1. The summed E-state index contributed by atoms with van der Waals surface area (Å²) in [4.78, 5) is 0.398. The fourth-order valence-corrected chi connectivity index (χ4v) is 4.00. The molecule has 3 nitrogen and oxygen atoms in total. The van der Waals surface area contributed by atoms with Crippen molar-refractivity contribution in [3.8, 4) is 0 Å². The molecule has 2 aromatic rings. The molecule has 106 valence electrons. The molecule has 4 heteroatoms. The van der Waals surface area contributed by atoms with E-state index < -0.39 is 9.84 Å². The van der Waals surface area contributed by atoms with Gasteiger partial charge in [-0.1, -0.05) is 42.0 Å². The normalized spacial score (nSPS) is 11.6. The van der Waals surface area contributed by atoms with Gasteiger partial charge in [-0.2, -0.15) is 0 Å². The molecule has 0 spiro atoms. The van der Waals surface area contributed by atoms with Crippen molar-refractivity contribution in [1.82, 2.24) is 0 Å². The quantitative estimate of drug-likeness (QED) is 0.941. The van der Waals surface area contributed by atoms with Gasteiger partial charge in [-0.3, -0.25) is 0 Å². The van der Waals surface area contributed by atoms with Gasteiger partial charge in [0.05, 0.1) is 10.6 Å². The van der Waals surface area contributed by atoms with Crippen molar-refractivity contribution in [2.45, 2.75) is 31.0 Å². The summed E-state index contributed by atoms with van der Waals surface area (Å²) in [6, 6.07) is 12.8. The third kappa shape index (κ3) is 3.08. The minimum atomic E-state index is -3.35. The Bertz CT molecular complexity index is 721. The summed E-state index contributed by atoms with van der Waals surface area (Å²) in [6.45, 7) is 4.13. The van der Waals surface area contributed by atoms with Gasteiger partial charge in [-0.25, -0.2) is 8.42 Å². The monoisotopic (exact) mass is 289 g/mol. The summed E-state index contributed by atoms with van der Waals surface area (Å²) < 4.78 is 25.1. The molecule has 0 radical (unpaired) electrons. The molecule has 0 aliphatic carbocycles. The first kappa shape index (κ1) is 14.8. The van der Waals surface area contributed by atoms with Crippen LogP contribution in [0.2, 0.25) is 0 Å². The van der Waals surface area contributed by atoms with Crippen LogP contribution in [0.4, 0.5) is 0 Å². The van der Waals surface area contributed by atoms with E-state index in [1.807, 2.05) is 50.2 Å². The van der Waals surface area contributed by atoms with E-state index in [0.29, 0.717) is 11.4 Å². The zero-order chi connectivity index (χ0) is 14.8. The van der Waals surface area contributed by atoms with E-state index in [4.69, 9.17) is 5.73 Å². The van der Waals surface area contributed by atoms with Gasteiger partial charge in [0.1, 0.15) is 0 Å². The fourth-order valence-electron chi connectivity index (χ4n) is 2.33. The highest BCUT2D eigenvalue weighted by Crippen LogP contribution is 2.22. The topological polar surface area (TPSA) is 60.2 Å². The molecular formula is C16H19NO2S. The molecule has 0 saturated heterocycles. The number of aryl methyl sites for hydroxylation is 2. The van der Waals surface area contributed by atoms with Crippen molar-refractivity contribution in [3.63, 3.8) is 0 Å². The lowest BCUT2D eigenvalue weighted by Crippen LogP contribution is -2.10. The van der Waals surface area contributed by atoms with E-state index in [9.17, 15) is 8.42 Å².